The lowest BCUT2D eigenvalue weighted by molar-refractivity contribution is 0.0924. The summed E-state index contributed by atoms with van der Waals surface area (Å²) in [6, 6.07) is 6.36. The van der Waals surface area contributed by atoms with Crippen molar-refractivity contribution in [2.45, 2.75) is 18.9 Å². The molecule has 0 saturated heterocycles. The number of fused-ring (bicyclic) bond motifs is 1. The van der Waals surface area contributed by atoms with E-state index in [1.807, 2.05) is 0 Å². The normalized spacial score (nSPS) is 14.4. The summed E-state index contributed by atoms with van der Waals surface area (Å²) in [5.41, 5.74) is 0.123. The van der Waals surface area contributed by atoms with Gasteiger partial charge in [0.15, 0.2) is 11.2 Å². The maximum Gasteiger partial charge on any atom is 0.287 e. The number of amides is 1. The van der Waals surface area contributed by atoms with Crippen LogP contribution in [0.1, 0.15) is 23.4 Å². The fraction of sp³-hybridized carbons (Fsp3) is 0.286. The first-order valence-corrected chi connectivity index (χ1v) is 6.10. The largest absolute Gasteiger partial charge is 0.497 e. The summed E-state index contributed by atoms with van der Waals surface area (Å²) >= 11 is 0. The highest BCUT2D eigenvalue weighted by molar-refractivity contribution is 5.93. The third kappa shape index (κ3) is 2.31. The quantitative estimate of drug-likeness (QED) is 0.910. The zero-order valence-electron chi connectivity index (χ0n) is 10.4. The lowest BCUT2D eigenvalue weighted by atomic mass is 10.2. The van der Waals surface area contributed by atoms with Crippen molar-refractivity contribution in [2.24, 2.45) is 0 Å². The van der Waals surface area contributed by atoms with Gasteiger partial charge in [0.2, 0.25) is 0 Å². The summed E-state index contributed by atoms with van der Waals surface area (Å²) in [5.74, 6) is 0.275. The van der Waals surface area contributed by atoms with Gasteiger partial charge in [-0.3, -0.25) is 9.59 Å². The molecule has 3 rings (SSSR count). The van der Waals surface area contributed by atoms with E-state index in [9.17, 15) is 9.59 Å². The third-order valence-electron chi connectivity index (χ3n) is 3.07. The van der Waals surface area contributed by atoms with Gasteiger partial charge in [0.05, 0.1) is 12.5 Å². The van der Waals surface area contributed by atoms with E-state index < -0.39 is 0 Å². The zero-order valence-corrected chi connectivity index (χ0v) is 10.4. The molecule has 1 heterocycles. The van der Waals surface area contributed by atoms with Gasteiger partial charge < -0.3 is 14.5 Å². The van der Waals surface area contributed by atoms with Gasteiger partial charge >= 0.3 is 0 Å². The van der Waals surface area contributed by atoms with Gasteiger partial charge in [-0.05, 0) is 25.0 Å². The Balaban J connectivity index is 2.05. The number of benzene rings is 1. The number of hydrogen-bond acceptors (Lipinski definition) is 4. The zero-order chi connectivity index (χ0) is 13.4. The number of carbonyl (C=O) groups excluding carboxylic acids is 1. The van der Waals surface area contributed by atoms with Gasteiger partial charge in [-0.25, -0.2) is 0 Å². The van der Waals surface area contributed by atoms with E-state index in [0.717, 1.165) is 12.8 Å². The van der Waals surface area contributed by atoms with Crippen LogP contribution in [0.25, 0.3) is 11.0 Å². The minimum Gasteiger partial charge on any atom is -0.497 e. The summed E-state index contributed by atoms with van der Waals surface area (Å²) in [5, 5.41) is 3.22. The molecule has 1 saturated carbocycles. The Morgan fingerprint density at radius 3 is 2.84 bits per heavy atom. The van der Waals surface area contributed by atoms with E-state index in [4.69, 9.17) is 9.15 Å². The van der Waals surface area contributed by atoms with Gasteiger partial charge in [0.25, 0.3) is 5.91 Å². The molecule has 5 heteroatoms. The second-order valence-electron chi connectivity index (χ2n) is 4.58. The molecule has 0 radical (unpaired) electrons. The summed E-state index contributed by atoms with van der Waals surface area (Å²) in [4.78, 5) is 23.8. The standard InChI is InChI=1S/C14H13NO4/c1-18-9-4-5-10-11(16)7-13(19-12(10)6-9)14(17)15-8-2-3-8/h4-8H,2-3H2,1H3,(H,15,17). The van der Waals surface area contributed by atoms with Crippen molar-refractivity contribution in [3.63, 3.8) is 0 Å². The van der Waals surface area contributed by atoms with Gasteiger partial charge in [0, 0.05) is 18.2 Å². The monoisotopic (exact) mass is 259 g/mol. The molecule has 1 aromatic carbocycles. The number of carbonyl (C=O) groups is 1. The molecule has 1 aliphatic carbocycles. The number of nitrogens with one attached hydrogen (secondary N) is 1. The molecule has 1 amide bonds. The van der Waals surface area contributed by atoms with E-state index >= 15 is 0 Å². The topological polar surface area (TPSA) is 68.5 Å². The van der Waals surface area contributed by atoms with Crippen molar-refractivity contribution in [2.75, 3.05) is 7.11 Å². The third-order valence-corrected chi connectivity index (χ3v) is 3.07. The maximum absolute atomic E-state index is 11.9. The van der Waals surface area contributed by atoms with Crippen LogP contribution in [0.5, 0.6) is 5.75 Å². The molecular formula is C14H13NO4. The number of ether oxygens (including phenoxy) is 1. The summed E-state index contributed by atoms with van der Waals surface area (Å²) in [6.07, 6.45) is 1.97. The molecule has 0 aliphatic heterocycles. The Morgan fingerprint density at radius 2 is 2.16 bits per heavy atom. The van der Waals surface area contributed by atoms with Crippen molar-refractivity contribution in [3.8, 4) is 5.75 Å². The minimum absolute atomic E-state index is 0.0395. The van der Waals surface area contributed by atoms with Crippen molar-refractivity contribution in [1.82, 2.24) is 5.32 Å². The molecule has 1 aromatic heterocycles. The van der Waals surface area contributed by atoms with Crippen LogP contribution in [0.4, 0.5) is 0 Å². The van der Waals surface area contributed by atoms with E-state index in [1.54, 1.807) is 18.2 Å². The number of methoxy groups -OCH3 is 1. The highest BCUT2D eigenvalue weighted by Crippen LogP contribution is 2.21. The Bertz CT molecular complexity index is 700. The van der Waals surface area contributed by atoms with Crippen LogP contribution >= 0.6 is 0 Å². The van der Waals surface area contributed by atoms with E-state index in [1.165, 1.54) is 13.2 Å². The first-order valence-electron chi connectivity index (χ1n) is 6.10. The molecule has 0 spiro atoms. The van der Waals surface area contributed by atoms with Gasteiger partial charge in [0.1, 0.15) is 11.3 Å². The van der Waals surface area contributed by atoms with Crippen LogP contribution in [0.2, 0.25) is 0 Å². The van der Waals surface area contributed by atoms with E-state index in [-0.39, 0.29) is 23.1 Å². The maximum atomic E-state index is 11.9. The molecule has 98 valence electrons. The van der Waals surface area contributed by atoms with Crippen LogP contribution in [0.3, 0.4) is 0 Å². The second-order valence-corrected chi connectivity index (χ2v) is 4.58. The fourth-order valence-corrected chi connectivity index (χ4v) is 1.86. The first-order chi connectivity index (χ1) is 9.17. The second kappa shape index (κ2) is 4.42. The first kappa shape index (κ1) is 11.8. The number of hydrogen-bond donors (Lipinski definition) is 1. The fourth-order valence-electron chi connectivity index (χ4n) is 1.86. The van der Waals surface area contributed by atoms with Crippen LogP contribution in [-0.2, 0) is 0 Å². The smallest absolute Gasteiger partial charge is 0.287 e. The van der Waals surface area contributed by atoms with Crippen LogP contribution in [0, 0.1) is 0 Å². The molecule has 19 heavy (non-hydrogen) atoms. The molecule has 0 bridgehead atoms. The summed E-state index contributed by atoms with van der Waals surface area (Å²) in [7, 11) is 1.53. The molecule has 2 aromatic rings. The minimum atomic E-state index is -0.343. The Morgan fingerprint density at radius 1 is 1.37 bits per heavy atom. The molecule has 1 N–H and O–H groups in total. The predicted octanol–water partition coefficient (Wildman–Crippen LogP) is 1.69. The van der Waals surface area contributed by atoms with Gasteiger partial charge in [-0.2, -0.15) is 0 Å². The lowest BCUT2D eigenvalue weighted by Crippen LogP contribution is -2.26. The average molecular weight is 259 g/mol. The Kier molecular flexibility index (Phi) is 2.74. The number of rotatable bonds is 3. The highest BCUT2D eigenvalue weighted by atomic mass is 16.5. The van der Waals surface area contributed by atoms with Crippen molar-refractivity contribution < 1.29 is 13.9 Å². The van der Waals surface area contributed by atoms with Crippen molar-refractivity contribution >= 4 is 16.9 Å². The molecule has 0 atom stereocenters. The summed E-state index contributed by atoms with van der Waals surface area (Å²) < 4.78 is 10.6. The van der Waals surface area contributed by atoms with E-state index in [2.05, 4.69) is 5.32 Å². The lowest BCUT2D eigenvalue weighted by Gasteiger charge is -2.05. The van der Waals surface area contributed by atoms with Gasteiger partial charge in [-0.15, -0.1) is 0 Å². The SMILES string of the molecule is COc1ccc2c(=O)cc(C(=O)NC3CC3)oc2c1. The predicted molar refractivity (Wildman–Crippen MR) is 69.5 cm³/mol. The van der Waals surface area contributed by atoms with E-state index in [0.29, 0.717) is 16.7 Å². The van der Waals surface area contributed by atoms with Crippen LogP contribution < -0.4 is 15.5 Å². The summed E-state index contributed by atoms with van der Waals surface area (Å²) in [6.45, 7) is 0. The highest BCUT2D eigenvalue weighted by Gasteiger charge is 2.25. The average Bonchev–Trinajstić information content (AvgIpc) is 3.21. The van der Waals surface area contributed by atoms with Gasteiger partial charge in [-0.1, -0.05) is 0 Å². The Labute approximate surface area is 109 Å². The molecular weight excluding hydrogens is 246 g/mol. The Hall–Kier alpha value is -2.30. The molecule has 1 aliphatic rings. The van der Waals surface area contributed by atoms with Crippen molar-refractivity contribution in [1.29, 1.82) is 0 Å². The van der Waals surface area contributed by atoms with Crippen LogP contribution in [0.15, 0.2) is 33.5 Å². The molecule has 0 unspecified atom stereocenters. The van der Waals surface area contributed by atoms with Crippen molar-refractivity contribution in [3.05, 3.63) is 40.2 Å². The van der Waals surface area contributed by atoms with Crippen LogP contribution in [-0.4, -0.2) is 19.1 Å². The molecule has 1 fully saturated rings. The molecule has 5 nitrogen and oxygen atoms in total.